The Balaban J connectivity index is 1.72. The van der Waals surface area contributed by atoms with E-state index in [0.29, 0.717) is 22.2 Å². The lowest BCUT2D eigenvalue weighted by atomic mass is 10.2. The Bertz CT molecular complexity index is 1130. The maximum Gasteiger partial charge on any atom is 0.162 e. The molecular weight excluding hydrogens is 360 g/mol. The monoisotopic (exact) mass is 374 g/mol. The summed E-state index contributed by atoms with van der Waals surface area (Å²) in [6, 6.07) is 22.0. The molecule has 0 amide bonds. The lowest BCUT2D eigenvalue weighted by Gasteiger charge is -2.08. The molecule has 4 rings (SSSR count). The zero-order valence-corrected chi connectivity index (χ0v) is 14.9. The highest BCUT2D eigenvalue weighted by molar-refractivity contribution is 6.30. The number of phenols is 1. The molecule has 0 bridgehead atoms. The van der Waals surface area contributed by atoms with E-state index in [-0.39, 0.29) is 5.75 Å². The van der Waals surface area contributed by atoms with Crippen molar-refractivity contribution in [3.8, 4) is 17.1 Å². The topological polar surface area (TPSA) is 70.4 Å². The number of nitrogens with one attached hydrogen (secondary N) is 1. The van der Waals surface area contributed by atoms with Gasteiger partial charge < -0.3 is 5.11 Å². The first kappa shape index (κ1) is 17.0. The van der Waals surface area contributed by atoms with Gasteiger partial charge in [-0.2, -0.15) is 5.10 Å². The van der Waals surface area contributed by atoms with Crippen molar-refractivity contribution in [2.75, 3.05) is 5.43 Å². The van der Waals surface area contributed by atoms with Gasteiger partial charge in [0.05, 0.1) is 11.7 Å². The molecule has 0 radical (unpaired) electrons. The molecule has 5 nitrogen and oxygen atoms in total. The summed E-state index contributed by atoms with van der Waals surface area (Å²) < 4.78 is 0. The molecule has 4 aromatic rings. The Labute approximate surface area is 161 Å². The Kier molecular flexibility index (Phi) is 4.68. The van der Waals surface area contributed by atoms with Crippen LogP contribution in [0.3, 0.4) is 0 Å². The van der Waals surface area contributed by atoms with Gasteiger partial charge in [0.1, 0.15) is 5.75 Å². The Morgan fingerprint density at radius 3 is 2.44 bits per heavy atom. The van der Waals surface area contributed by atoms with Gasteiger partial charge in [-0.15, -0.1) is 0 Å². The molecule has 0 atom stereocenters. The predicted octanol–water partition coefficient (Wildman–Crippen LogP) is 5.10. The van der Waals surface area contributed by atoms with Gasteiger partial charge in [-0.1, -0.05) is 35.9 Å². The Hall–Kier alpha value is -3.44. The Morgan fingerprint density at radius 2 is 1.63 bits per heavy atom. The van der Waals surface area contributed by atoms with E-state index in [1.54, 1.807) is 36.5 Å². The van der Waals surface area contributed by atoms with Crippen LogP contribution in [0.2, 0.25) is 5.02 Å². The van der Waals surface area contributed by atoms with Crippen LogP contribution in [0.4, 0.5) is 5.82 Å². The summed E-state index contributed by atoms with van der Waals surface area (Å²) in [5.74, 6) is 1.32. The fourth-order valence-electron chi connectivity index (χ4n) is 2.65. The van der Waals surface area contributed by atoms with Crippen molar-refractivity contribution in [2.24, 2.45) is 5.10 Å². The lowest BCUT2D eigenvalue weighted by molar-refractivity contribution is 0.474. The average Bonchev–Trinajstić information content (AvgIpc) is 2.70. The number of fused-ring (bicyclic) bond motifs is 1. The quantitative estimate of drug-likeness (QED) is 0.385. The molecule has 1 aromatic heterocycles. The van der Waals surface area contributed by atoms with Crippen LogP contribution < -0.4 is 5.43 Å². The minimum Gasteiger partial charge on any atom is -0.507 e. The second kappa shape index (κ2) is 7.43. The van der Waals surface area contributed by atoms with Gasteiger partial charge in [0.25, 0.3) is 0 Å². The van der Waals surface area contributed by atoms with Gasteiger partial charge in [0.2, 0.25) is 0 Å². The standard InChI is InChI=1S/C21H15ClN4O/c22-16-11-9-14(10-12-16)20-24-18-7-3-2-6-17(18)21(25-20)26-23-13-15-5-1-4-8-19(15)27/h1-13,27H,(H,24,25,26). The number of hydrogen-bond donors (Lipinski definition) is 2. The largest absolute Gasteiger partial charge is 0.507 e. The summed E-state index contributed by atoms with van der Waals surface area (Å²) in [6.45, 7) is 0. The number of hydrazone groups is 1. The summed E-state index contributed by atoms with van der Waals surface area (Å²) in [5.41, 5.74) is 5.24. The number of phenolic OH excluding ortho intramolecular Hbond substituents is 1. The number of para-hydroxylation sites is 2. The normalized spacial score (nSPS) is 11.1. The average molecular weight is 375 g/mol. The van der Waals surface area contributed by atoms with E-state index in [2.05, 4.69) is 20.5 Å². The molecule has 3 aromatic carbocycles. The van der Waals surface area contributed by atoms with Crippen LogP contribution in [0.25, 0.3) is 22.3 Å². The number of aromatic hydroxyl groups is 1. The summed E-state index contributed by atoms with van der Waals surface area (Å²) in [7, 11) is 0. The molecular formula is C21H15ClN4O. The number of halogens is 1. The number of nitrogens with zero attached hydrogens (tertiary/aromatic N) is 3. The second-order valence-corrected chi connectivity index (χ2v) is 6.29. The minimum absolute atomic E-state index is 0.164. The first-order valence-electron chi connectivity index (χ1n) is 8.30. The van der Waals surface area contributed by atoms with Crippen LogP contribution in [0, 0.1) is 0 Å². The van der Waals surface area contributed by atoms with Crippen molar-refractivity contribution in [1.82, 2.24) is 9.97 Å². The molecule has 0 saturated carbocycles. The van der Waals surface area contributed by atoms with E-state index in [1.165, 1.54) is 0 Å². The highest BCUT2D eigenvalue weighted by Gasteiger charge is 2.09. The zero-order valence-electron chi connectivity index (χ0n) is 14.2. The molecule has 0 fully saturated rings. The number of rotatable bonds is 4. The molecule has 0 aliphatic carbocycles. The maximum atomic E-state index is 9.84. The third-order valence-electron chi connectivity index (χ3n) is 4.02. The fraction of sp³-hybridized carbons (Fsp3) is 0. The highest BCUT2D eigenvalue weighted by atomic mass is 35.5. The molecule has 1 heterocycles. The SMILES string of the molecule is Oc1ccccc1C=NNc1nc(-c2ccc(Cl)cc2)nc2ccccc12. The van der Waals surface area contributed by atoms with Gasteiger partial charge in [-0.3, -0.25) is 5.43 Å². The van der Waals surface area contributed by atoms with Crippen LogP contribution in [0.5, 0.6) is 5.75 Å². The molecule has 0 aliphatic rings. The summed E-state index contributed by atoms with van der Waals surface area (Å²) in [6.07, 6.45) is 1.55. The maximum absolute atomic E-state index is 9.84. The van der Waals surface area contributed by atoms with Gasteiger partial charge in [-0.25, -0.2) is 9.97 Å². The first-order valence-corrected chi connectivity index (χ1v) is 8.68. The fourth-order valence-corrected chi connectivity index (χ4v) is 2.78. The molecule has 0 unspecified atom stereocenters. The predicted molar refractivity (Wildman–Crippen MR) is 109 cm³/mol. The highest BCUT2D eigenvalue weighted by Crippen LogP contribution is 2.25. The summed E-state index contributed by atoms with van der Waals surface area (Å²) in [5, 5.41) is 15.6. The number of anilines is 1. The van der Waals surface area contributed by atoms with Crippen molar-refractivity contribution >= 4 is 34.5 Å². The van der Waals surface area contributed by atoms with Crippen molar-refractivity contribution in [1.29, 1.82) is 0 Å². The first-order chi connectivity index (χ1) is 13.2. The van der Waals surface area contributed by atoms with Crippen LogP contribution in [0.1, 0.15) is 5.56 Å². The summed E-state index contributed by atoms with van der Waals surface area (Å²) in [4.78, 5) is 9.24. The molecule has 0 spiro atoms. The van der Waals surface area contributed by atoms with Gasteiger partial charge in [0.15, 0.2) is 11.6 Å². The van der Waals surface area contributed by atoms with Gasteiger partial charge in [0, 0.05) is 21.5 Å². The van der Waals surface area contributed by atoms with E-state index in [0.717, 1.165) is 16.5 Å². The third-order valence-corrected chi connectivity index (χ3v) is 4.27. The van der Waals surface area contributed by atoms with E-state index < -0.39 is 0 Å². The smallest absolute Gasteiger partial charge is 0.162 e. The molecule has 132 valence electrons. The van der Waals surface area contributed by atoms with Crippen LogP contribution in [0.15, 0.2) is 77.9 Å². The molecule has 6 heteroatoms. The van der Waals surface area contributed by atoms with Crippen molar-refractivity contribution < 1.29 is 5.11 Å². The van der Waals surface area contributed by atoms with Crippen molar-refractivity contribution in [2.45, 2.75) is 0 Å². The zero-order chi connectivity index (χ0) is 18.6. The number of benzene rings is 3. The third kappa shape index (κ3) is 3.73. The van der Waals surface area contributed by atoms with Crippen molar-refractivity contribution in [3.05, 3.63) is 83.4 Å². The van der Waals surface area contributed by atoms with E-state index in [1.807, 2.05) is 42.5 Å². The molecule has 27 heavy (non-hydrogen) atoms. The number of aromatic nitrogens is 2. The van der Waals surface area contributed by atoms with Crippen LogP contribution >= 0.6 is 11.6 Å². The molecule has 0 aliphatic heterocycles. The second-order valence-electron chi connectivity index (χ2n) is 5.85. The van der Waals surface area contributed by atoms with Gasteiger partial charge >= 0.3 is 0 Å². The van der Waals surface area contributed by atoms with Crippen LogP contribution in [-0.2, 0) is 0 Å². The summed E-state index contributed by atoms with van der Waals surface area (Å²) >= 11 is 5.97. The molecule has 0 saturated heterocycles. The Morgan fingerprint density at radius 1 is 0.889 bits per heavy atom. The molecule has 2 N–H and O–H groups in total. The van der Waals surface area contributed by atoms with E-state index in [9.17, 15) is 5.11 Å². The van der Waals surface area contributed by atoms with E-state index >= 15 is 0 Å². The van der Waals surface area contributed by atoms with Gasteiger partial charge in [-0.05, 0) is 48.5 Å². The van der Waals surface area contributed by atoms with Crippen LogP contribution in [-0.4, -0.2) is 21.3 Å². The van der Waals surface area contributed by atoms with Crippen molar-refractivity contribution in [3.63, 3.8) is 0 Å². The lowest BCUT2D eigenvalue weighted by Crippen LogP contribution is -1.99. The number of hydrogen-bond acceptors (Lipinski definition) is 5. The van der Waals surface area contributed by atoms with E-state index in [4.69, 9.17) is 11.6 Å². The minimum atomic E-state index is 0.164.